The van der Waals surface area contributed by atoms with E-state index in [-0.39, 0.29) is 17.4 Å². The van der Waals surface area contributed by atoms with Crippen LogP contribution in [0.2, 0.25) is 0 Å². The Kier molecular flexibility index (Phi) is 3.76. The Hall–Kier alpha value is -2.41. The second-order valence-corrected chi connectivity index (χ2v) is 5.06. The molecule has 0 spiro atoms. The van der Waals surface area contributed by atoms with Crippen LogP contribution < -0.4 is 5.32 Å². The van der Waals surface area contributed by atoms with E-state index in [0.29, 0.717) is 0 Å². The molecule has 2 heterocycles. The van der Waals surface area contributed by atoms with Crippen LogP contribution in [0.25, 0.3) is 6.08 Å². The lowest BCUT2D eigenvalue weighted by atomic mass is 10.4. The third kappa shape index (κ3) is 3.52. The number of carbonyl (C=O) groups is 2. The van der Waals surface area contributed by atoms with Gasteiger partial charge in [0.25, 0.3) is 0 Å². The highest BCUT2D eigenvalue weighted by Gasteiger charge is 2.08. The van der Waals surface area contributed by atoms with Crippen LogP contribution in [0.1, 0.15) is 20.2 Å². The lowest BCUT2D eigenvalue weighted by molar-refractivity contribution is -0.111. The molecule has 0 radical (unpaired) electrons. The zero-order valence-corrected chi connectivity index (χ0v) is 10.8. The molecule has 19 heavy (non-hydrogen) atoms. The summed E-state index contributed by atoms with van der Waals surface area (Å²) < 4.78 is 0. The van der Waals surface area contributed by atoms with Crippen LogP contribution in [0.3, 0.4) is 0 Å². The number of nitrogens with one attached hydrogen (secondary N) is 2. The Labute approximate surface area is 112 Å². The van der Waals surface area contributed by atoms with E-state index in [1.165, 1.54) is 17.0 Å². The highest BCUT2D eigenvalue weighted by Crippen LogP contribution is 2.16. The Morgan fingerprint density at radius 3 is 2.84 bits per heavy atom. The number of carboxylic acid groups (broad SMARTS) is 1. The molecule has 0 fully saturated rings. The summed E-state index contributed by atoms with van der Waals surface area (Å²) in [7, 11) is 0. The summed E-state index contributed by atoms with van der Waals surface area (Å²) >= 11 is 1.58. The standard InChI is InChI=1S/C12H11N3O3S/c1-7-2-3-8(19-7)4-5-11(16)13-10-6-9(12(17)18)14-15-10/h2-6H,1H3,(H,17,18)(H2,13,14,15,16). The van der Waals surface area contributed by atoms with Crippen LogP contribution in [0.15, 0.2) is 24.3 Å². The number of hydrogen-bond donors (Lipinski definition) is 3. The maximum Gasteiger partial charge on any atom is 0.353 e. The first-order chi connectivity index (χ1) is 9.04. The van der Waals surface area contributed by atoms with Crippen LogP contribution in [-0.2, 0) is 4.79 Å². The van der Waals surface area contributed by atoms with Crippen LogP contribution in [0, 0.1) is 6.92 Å². The number of hydrogen-bond acceptors (Lipinski definition) is 4. The number of amides is 1. The Morgan fingerprint density at radius 2 is 2.26 bits per heavy atom. The van der Waals surface area contributed by atoms with Crippen LogP contribution in [0.4, 0.5) is 5.82 Å². The van der Waals surface area contributed by atoms with Gasteiger partial charge in [0.2, 0.25) is 5.91 Å². The number of H-pyrrole nitrogens is 1. The van der Waals surface area contributed by atoms with Gasteiger partial charge in [-0.25, -0.2) is 4.79 Å². The number of anilines is 1. The molecule has 98 valence electrons. The second-order valence-electron chi connectivity index (χ2n) is 3.74. The molecule has 0 aliphatic rings. The largest absolute Gasteiger partial charge is 0.477 e. The summed E-state index contributed by atoms with van der Waals surface area (Å²) in [5, 5.41) is 17.1. The van der Waals surface area contributed by atoms with Crippen molar-refractivity contribution in [2.45, 2.75) is 6.92 Å². The smallest absolute Gasteiger partial charge is 0.353 e. The van der Waals surface area contributed by atoms with Gasteiger partial charge in [0.05, 0.1) is 0 Å². The first-order valence-corrected chi connectivity index (χ1v) is 6.20. The summed E-state index contributed by atoms with van der Waals surface area (Å²) in [6.07, 6.45) is 3.07. The lowest BCUT2D eigenvalue weighted by Gasteiger charge is -1.94. The molecule has 0 atom stereocenters. The molecule has 0 bridgehead atoms. The Morgan fingerprint density at radius 1 is 1.47 bits per heavy atom. The maximum absolute atomic E-state index is 11.6. The highest BCUT2D eigenvalue weighted by atomic mass is 32.1. The van der Waals surface area contributed by atoms with Gasteiger partial charge >= 0.3 is 5.97 Å². The molecule has 0 saturated carbocycles. The fourth-order valence-corrected chi connectivity index (χ4v) is 2.14. The lowest BCUT2D eigenvalue weighted by Crippen LogP contribution is -2.07. The summed E-state index contributed by atoms with van der Waals surface area (Å²) in [5.74, 6) is -1.32. The van der Waals surface area contributed by atoms with Crippen molar-refractivity contribution in [2.24, 2.45) is 0 Å². The first kappa shape index (κ1) is 13.0. The maximum atomic E-state index is 11.6. The fraction of sp³-hybridized carbons (Fsp3) is 0.0833. The van der Waals surface area contributed by atoms with Gasteiger partial charge in [-0.3, -0.25) is 9.89 Å². The van der Waals surface area contributed by atoms with E-state index in [2.05, 4.69) is 15.5 Å². The molecule has 2 aromatic rings. The molecule has 1 amide bonds. The number of carbonyl (C=O) groups excluding carboxylic acids is 1. The predicted molar refractivity (Wildman–Crippen MR) is 72.3 cm³/mol. The van der Waals surface area contributed by atoms with Gasteiger partial charge in [-0.1, -0.05) is 0 Å². The van der Waals surface area contributed by atoms with Gasteiger partial charge in [0.1, 0.15) is 5.69 Å². The first-order valence-electron chi connectivity index (χ1n) is 5.39. The molecule has 0 aromatic carbocycles. The Bertz CT molecular complexity index is 642. The second kappa shape index (κ2) is 5.49. The topological polar surface area (TPSA) is 95.1 Å². The van der Waals surface area contributed by atoms with Gasteiger partial charge in [-0.05, 0) is 25.1 Å². The molecule has 3 N–H and O–H groups in total. The molecule has 6 nitrogen and oxygen atoms in total. The fourth-order valence-electron chi connectivity index (χ4n) is 1.36. The molecule has 0 saturated heterocycles. The summed E-state index contributed by atoms with van der Waals surface area (Å²) in [5.41, 5.74) is -0.0758. The molecule has 2 aromatic heterocycles. The van der Waals surface area contributed by atoms with Crippen molar-refractivity contribution < 1.29 is 14.7 Å². The number of aromatic carboxylic acids is 1. The van der Waals surface area contributed by atoms with Crippen molar-refractivity contribution in [2.75, 3.05) is 5.32 Å². The number of rotatable bonds is 4. The van der Waals surface area contributed by atoms with Crippen molar-refractivity contribution in [3.05, 3.63) is 39.7 Å². The quantitative estimate of drug-likeness (QED) is 0.746. The molecule has 0 aliphatic carbocycles. The van der Waals surface area contributed by atoms with Crippen LogP contribution >= 0.6 is 11.3 Å². The van der Waals surface area contributed by atoms with Gasteiger partial charge in [0.15, 0.2) is 5.82 Å². The average Bonchev–Trinajstić information content (AvgIpc) is 2.96. The molecule has 7 heteroatoms. The SMILES string of the molecule is Cc1ccc(C=CC(=O)Nc2cc(C(=O)O)[nH]n2)s1. The van der Waals surface area contributed by atoms with Crippen LogP contribution in [-0.4, -0.2) is 27.2 Å². The van der Waals surface area contributed by atoms with Crippen LogP contribution in [0.5, 0.6) is 0 Å². The minimum atomic E-state index is -1.13. The van der Waals surface area contributed by atoms with Crippen molar-refractivity contribution in [3.8, 4) is 0 Å². The summed E-state index contributed by atoms with van der Waals surface area (Å²) in [6.45, 7) is 1.99. The van der Waals surface area contributed by atoms with E-state index < -0.39 is 5.97 Å². The number of aromatic nitrogens is 2. The Balaban J connectivity index is 1.97. The van der Waals surface area contributed by atoms with Crippen molar-refractivity contribution in [1.29, 1.82) is 0 Å². The van der Waals surface area contributed by atoms with Gasteiger partial charge in [0, 0.05) is 21.9 Å². The zero-order chi connectivity index (χ0) is 13.8. The zero-order valence-electron chi connectivity index (χ0n) is 10.0. The number of thiophene rings is 1. The molecular formula is C12H11N3O3S. The molecular weight excluding hydrogens is 266 g/mol. The number of carboxylic acids is 1. The normalized spacial score (nSPS) is 10.8. The monoisotopic (exact) mass is 277 g/mol. The molecule has 2 rings (SSSR count). The van der Waals surface area contributed by atoms with E-state index in [1.54, 1.807) is 17.4 Å². The van der Waals surface area contributed by atoms with Gasteiger partial charge in [-0.15, -0.1) is 11.3 Å². The van der Waals surface area contributed by atoms with Gasteiger partial charge < -0.3 is 10.4 Å². The van der Waals surface area contributed by atoms with E-state index >= 15 is 0 Å². The average molecular weight is 277 g/mol. The van der Waals surface area contributed by atoms with E-state index in [0.717, 1.165) is 4.88 Å². The van der Waals surface area contributed by atoms with Crippen molar-refractivity contribution in [3.63, 3.8) is 0 Å². The third-order valence-corrected chi connectivity index (χ3v) is 3.19. The molecule has 0 unspecified atom stereocenters. The van der Waals surface area contributed by atoms with E-state index in [1.807, 2.05) is 19.1 Å². The van der Waals surface area contributed by atoms with Crippen molar-refractivity contribution >= 4 is 35.1 Å². The summed E-state index contributed by atoms with van der Waals surface area (Å²) in [6, 6.07) is 5.14. The third-order valence-electron chi connectivity index (χ3n) is 2.22. The van der Waals surface area contributed by atoms with Gasteiger partial charge in [-0.2, -0.15) is 5.10 Å². The number of aromatic amines is 1. The minimum Gasteiger partial charge on any atom is -0.477 e. The van der Waals surface area contributed by atoms with E-state index in [4.69, 9.17) is 5.11 Å². The predicted octanol–water partition coefficient (Wildman–Crippen LogP) is 2.13. The number of nitrogens with zero attached hydrogens (tertiary/aromatic N) is 1. The van der Waals surface area contributed by atoms with E-state index in [9.17, 15) is 9.59 Å². The highest BCUT2D eigenvalue weighted by molar-refractivity contribution is 7.12. The van der Waals surface area contributed by atoms with Crippen molar-refractivity contribution in [1.82, 2.24) is 10.2 Å². The molecule has 0 aliphatic heterocycles. The minimum absolute atomic E-state index is 0.0758. The summed E-state index contributed by atoms with van der Waals surface area (Å²) in [4.78, 5) is 24.3. The number of aryl methyl sites for hydroxylation is 1.